The first-order valence-corrected chi connectivity index (χ1v) is 6.25. The molecule has 0 fully saturated rings. The van der Waals surface area contributed by atoms with E-state index < -0.39 is 5.82 Å². The van der Waals surface area contributed by atoms with Gasteiger partial charge in [-0.2, -0.15) is 0 Å². The van der Waals surface area contributed by atoms with Gasteiger partial charge < -0.3 is 10.6 Å². The molecule has 0 radical (unpaired) electrons. The SMILES string of the molecule is CC(=O)Nc1cc(NC(=O)CCC(C)C)ccc1F. The number of hydrogen-bond acceptors (Lipinski definition) is 2. The molecule has 0 unspecified atom stereocenters. The van der Waals surface area contributed by atoms with Gasteiger partial charge in [-0.25, -0.2) is 4.39 Å². The standard InChI is InChI=1S/C14H19FN2O2/c1-9(2)4-7-14(19)17-11-5-6-12(15)13(8-11)16-10(3)18/h5-6,8-9H,4,7H2,1-3H3,(H,16,18)(H,17,19). The molecule has 1 aromatic carbocycles. The van der Waals surface area contributed by atoms with Crippen LogP contribution in [0.2, 0.25) is 0 Å². The quantitative estimate of drug-likeness (QED) is 0.860. The predicted molar refractivity (Wildman–Crippen MR) is 73.4 cm³/mol. The molecule has 0 aromatic heterocycles. The van der Waals surface area contributed by atoms with Crippen molar-refractivity contribution in [2.45, 2.75) is 33.6 Å². The minimum atomic E-state index is -0.532. The summed E-state index contributed by atoms with van der Waals surface area (Å²) in [5.41, 5.74) is 0.535. The third-order valence-corrected chi connectivity index (χ3v) is 2.51. The van der Waals surface area contributed by atoms with E-state index in [4.69, 9.17) is 0 Å². The maximum Gasteiger partial charge on any atom is 0.224 e. The number of benzene rings is 1. The van der Waals surface area contributed by atoms with E-state index in [1.165, 1.54) is 25.1 Å². The highest BCUT2D eigenvalue weighted by Crippen LogP contribution is 2.20. The number of rotatable bonds is 5. The van der Waals surface area contributed by atoms with Crippen molar-refractivity contribution >= 4 is 23.2 Å². The number of halogens is 1. The Balaban J connectivity index is 2.68. The highest BCUT2D eigenvalue weighted by atomic mass is 19.1. The van der Waals surface area contributed by atoms with Crippen molar-refractivity contribution < 1.29 is 14.0 Å². The fourth-order valence-corrected chi connectivity index (χ4v) is 1.53. The Morgan fingerprint density at radius 2 is 1.95 bits per heavy atom. The minimum Gasteiger partial charge on any atom is -0.326 e. The van der Waals surface area contributed by atoms with Gasteiger partial charge in [0, 0.05) is 19.0 Å². The zero-order valence-electron chi connectivity index (χ0n) is 11.4. The smallest absolute Gasteiger partial charge is 0.224 e. The monoisotopic (exact) mass is 266 g/mol. The van der Waals surface area contributed by atoms with Gasteiger partial charge in [-0.1, -0.05) is 13.8 Å². The van der Waals surface area contributed by atoms with Crippen LogP contribution in [0.3, 0.4) is 0 Å². The Morgan fingerprint density at radius 1 is 1.26 bits per heavy atom. The number of carbonyl (C=O) groups is 2. The van der Waals surface area contributed by atoms with Crippen LogP contribution in [-0.4, -0.2) is 11.8 Å². The van der Waals surface area contributed by atoms with E-state index in [2.05, 4.69) is 10.6 Å². The fraction of sp³-hybridized carbons (Fsp3) is 0.429. The molecule has 0 aliphatic carbocycles. The number of anilines is 2. The maximum atomic E-state index is 13.4. The summed E-state index contributed by atoms with van der Waals surface area (Å²) in [6, 6.07) is 4.08. The molecule has 5 heteroatoms. The van der Waals surface area contributed by atoms with E-state index in [0.717, 1.165) is 6.42 Å². The zero-order chi connectivity index (χ0) is 14.4. The molecule has 4 nitrogen and oxygen atoms in total. The van der Waals surface area contributed by atoms with Crippen LogP contribution in [-0.2, 0) is 9.59 Å². The summed E-state index contributed by atoms with van der Waals surface area (Å²) >= 11 is 0. The predicted octanol–water partition coefficient (Wildman–Crippen LogP) is 3.16. The third-order valence-electron chi connectivity index (χ3n) is 2.51. The van der Waals surface area contributed by atoms with Gasteiger partial charge in [0.25, 0.3) is 0 Å². The van der Waals surface area contributed by atoms with Crippen molar-refractivity contribution in [3.63, 3.8) is 0 Å². The molecular formula is C14H19FN2O2. The van der Waals surface area contributed by atoms with Gasteiger partial charge in [-0.05, 0) is 30.5 Å². The number of amides is 2. The molecule has 104 valence electrons. The third kappa shape index (κ3) is 5.50. The molecule has 1 rings (SSSR count). The molecule has 0 bridgehead atoms. The van der Waals surface area contributed by atoms with Crippen LogP contribution < -0.4 is 10.6 Å². The first kappa shape index (κ1) is 15.1. The number of carbonyl (C=O) groups excluding carboxylic acids is 2. The van der Waals surface area contributed by atoms with E-state index in [0.29, 0.717) is 18.0 Å². The van der Waals surface area contributed by atoms with Crippen molar-refractivity contribution in [2.75, 3.05) is 10.6 Å². The summed E-state index contributed by atoms with van der Waals surface area (Å²) in [6.45, 7) is 5.38. The molecule has 0 aliphatic rings. The average molecular weight is 266 g/mol. The fourth-order valence-electron chi connectivity index (χ4n) is 1.53. The lowest BCUT2D eigenvalue weighted by Crippen LogP contribution is -2.13. The second-order valence-corrected chi connectivity index (χ2v) is 4.86. The largest absolute Gasteiger partial charge is 0.326 e. The van der Waals surface area contributed by atoms with Crippen LogP contribution in [0.15, 0.2) is 18.2 Å². The second kappa shape index (κ2) is 6.87. The Kier molecular flexibility index (Phi) is 5.48. The molecule has 0 saturated heterocycles. The summed E-state index contributed by atoms with van der Waals surface area (Å²) in [5, 5.41) is 5.05. The molecule has 0 aliphatic heterocycles. The summed E-state index contributed by atoms with van der Waals surface area (Å²) in [4.78, 5) is 22.6. The molecule has 1 aromatic rings. The molecule has 0 atom stereocenters. The van der Waals surface area contributed by atoms with Crippen LogP contribution in [0.1, 0.15) is 33.6 Å². The van der Waals surface area contributed by atoms with E-state index >= 15 is 0 Å². The number of hydrogen-bond donors (Lipinski definition) is 2. The van der Waals surface area contributed by atoms with Crippen LogP contribution in [0.4, 0.5) is 15.8 Å². The van der Waals surface area contributed by atoms with E-state index in [9.17, 15) is 14.0 Å². The van der Waals surface area contributed by atoms with Crippen LogP contribution >= 0.6 is 0 Å². The van der Waals surface area contributed by atoms with Crippen LogP contribution in [0.5, 0.6) is 0 Å². The van der Waals surface area contributed by atoms with Crippen molar-refractivity contribution in [3.05, 3.63) is 24.0 Å². The zero-order valence-corrected chi connectivity index (χ0v) is 11.4. The van der Waals surface area contributed by atoms with Gasteiger partial charge >= 0.3 is 0 Å². The van der Waals surface area contributed by atoms with Crippen molar-refractivity contribution in [2.24, 2.45) is 5.92 Å². The molecule has 2 amide bonds. The van der Waals surface area contributed by atoms with Crippen molar-refractivity contribution in [3.8, 4) is 0 Å². The normalized spacial score (nSPS) is 10.4. The molecule has 19 heavy (non-hydrogen) atoms. The van der Waals surface area contributed by atoms with Gasteiger partial charge in [0.15, 0.2) is 0 Å². The first-order valence-electron chi connectivity index (χ1n) is 6.25. The van der Waals surface area contributed by atoms with E-state index in [-0.39, 0.29) is 17.5 Å². The Labute approximate surface area is 112 Å². The van der Waals surface area contributed by atoms with Gasteiger partial charge in [-0.15, -0.1) is 0 Å². The molecule has 2 N–H and O–H groups in total. The summed E-state index contributed by atoms with van der Waals surface area (Å²) in [5.74, 6) is -0.555. The average Bonchev–Trinajstić information content (AvgIpc) is 2.30. The van der Waals surface area contributed by atoms with Crippen LogP contribution in [0.25, 0.3) is 0 Å². The lowest BCUT2D eigenvalue weighted by molar-refractivity contribution is -0.116. The van der Waals surface area contributed by atoms with Gasteiger partial charge in [0.05, 0.1) is 5.69 Å². The summed E-state index contributed by atoms with van der Waals surface area (Å²) < 4.78 is 13.4. The lowest BCUT2D eigenvalue weighted by Gasteiger charge is -2.09. The lowest BCUT2D eigenvalue weighted by atomic mass is 10.1. The molecule has 0 spiro atoms. The first-order chi connectivity index (χ1) is 8.88. The summed E-state index contributed by atoms with van der Waals surface area (Å²) in [6.07, 6.45) is 1.22. The summed E-state index contributed by atoms with van der Waals surface area (Å²) in [7, 11) is 0. The van der Waals surface area contributed by atoms with Crippen molar-refractivity contribution in [1.82, 2.24) is 0 Å². The highest BCUT2D eigenvalue weighted by molar-refractivity contribution is 5.93. The van der Waals surface area contributed by atoms with Crippen LogP contribution in [0, 0.1) is 11.7 Å². The van der Waals surface area contributed by atoms with E-state index in [1.54, 1.807) is 0 Å². The molecule has 0 heterocycles. The Hall–Kier alpha value is -1.91. The van der Waals surface area contributed by atoms with E-state index in [1.807, 2.05) is 13.8 Å². The topological polar surface area (TPSA) is 58.2 Å². The Bertz CT molecular complexity index is 473. The number of nitrogens with one attached hydrogen (secondary N) is 2. The highest BCUT2D eigenvalue weighted by Gasteiger charge is 2.08. The maximum absolute atomic E-state index is 13.4. The van der Waals surface area contributed by atoms with Gasteiger partial charge in [0.2, 0.25) is 11.8 Å². The van der Waals surface area contributed by atoms with Gasteiger partial charge in [-0.3, -0.25) is 9.59 Å². The molecular weight excluding hydrogens is 247 g/mol. The molecule has 0 saturated carbocycles. The minimum absolute atomic E-state index is 0.0640. The Morgan fingerprint density at radius 3 is 2.53 bits per heavy atom. The van der Waals surface area contributed by atoms with Gasteiger partial charge in [0.1, 0.15) is 5.82 Å². The second-order valence-electron chi connectivity index (χ2n) is 4.86. The van der Waals surface area contributed by atoms with Crippen molar-refractivity contribution in [1.29, 1.82) is 0 Å².